The molecule has 0 spiro atoms. The molecular formula is C4H8F3NO2. The van der Waals surface area contributed by atoms with Crippen molar-refractivity contribution in [2.45, 2.75) is 6.36 Å². The molecule has 0 aliphatic rings. The lowest BCUT2D eigenvalue weighted by Crippen LogP contribution is -2.18. The second-order valence-electron chi connectivity index (χ2n) is 1.37. The first-order chi connectivity index (χ1) is 4.56. The Morgan fingerprint density at radius 1 is 1.20 bits per heavy atom. The maximum absolute atomic E-state index is 11.2. The van der Waals surface area contributed by atoms with Crippen LogP contribution in [0.25, 0.3) is 0 Å². The van der Waals surface area contributed by atoms with E-state index in [1.807, 2.05) is 0 Å². The molecule has 2 N–H and O–H groups in total. The van der Waals surface area contributed by atoms with Crippen LogP contribution in [0.2, 0.25) is 0 Å². The van der Waals surface area contributed by atoms with E-state index in [9.17, 15) is 13.2 Å². The summed E-state index contributed by atoms with van der Waals surface area (Å²) in [5, 5.41) is 0. The molecule has 0 radical (unpaired) electrons. The largest absolute Gasteiger partial charge is 0.522 e. The van der Waals surface area contributed by atoms with Crippen molar-refractivity contribution < 1.29 is 22.6 Å². The maximum Gasteiger partial charge on any atom is 0.522 e. The fourth-order valence-corrected chi connectivity index (χ4v) is 0.300. The Kier molecular flexibility index (Phi) is 4.33. The van der Waals surface area contributed by atoms with Gasteiger partial charge in [-0.05, 0) is 0 Å². The van der Waals surface area contributed by atoms with Crippen LogP contribution in [0.1, 0.15) is 0 Å². The van der Waals surface area contributed by atoms with Gasteiger partial charge in [-0.25, -0.2) is 0 Å². The van der Waals surface area contributed by atoms with E-state index in [0.29, 0.717) is 0 Å². The van der Waals surface area contributed by atoms with E-state index in [-0.39, 0.29) is 13.3 Å². The second-order valence-corrected chi connectivity index (χ2v) is 1.37. The molecule has 3 nitrogen and oxygen atoms in total. The predicted molar refractivity (Wildman–Crippen MR) is 27.0 cm³/mol. The Balaban J connectivity index is 3.04. The molecule has 0 aliphatic heterocycles. The van der Waals surface area contributed by atoms with Gasteiger partial charge in [-0.15, -0.1) is 13.2 Å². The van der Waals surface area contributed by atoms with E-state index in [4.69, 9.17) is 5.73 Å². The average molecular weight is 159 g/mol. The molecule has 0 aromatic rings. The van der Waals surface area contributed by atoms with Gasteiger partial charge >= 0.3 is 6.36 Å². The van der Waals surface area contributed by atoms with Crippen molar-refractivity contribution in [2.75, 3.05) is 19.9 Å². The smallest absolute Gasteiger partial charge is 0.364 e. The lowest BCUT2D eigenvalue weighted by molar-refractivity contribution is -0.327. The standard InChI is InChI=1S/C4H8F3NO2/c5-4(6,7)10-2-1-9-3-8/h1-3,8H2. The SMILES string of the molecule is NCOCCOC(F)(F)F. The summed E-state index contributed by atoms with van der Waals surface area (Å²) in [6, 6.07) is 0. The number of ether oxygens (including phenoxy) is 2. The van der Waals surface area contributed by atoms with Gasteiger partial charge in [0.1, 0.15) is 0 Å². The Morgan fingerprint density at radius 3 is 2.20 bits per heavy atom. The van der Waals surface area contributed by atoms with Crippen molar-refractivity contribution >= 4 is 0 Å². The van der Waals surface area contributed by atoms with Crippen LogP contribution in [0.3, 0.4) is 0 Å². The first-order valence-corrected chi connectivity index (χ1v) is 2.55. The number of rotatable bonds is 4. The fourth-order valence-electron chi connectivity index (χ4n) is 0.300. The number of halogens is 3. The molecular weight excluding hydrogens is 151 g/mol. The molecule has 0 rings (SSSR count). The van der Waals surface area contributed by atoms with Gasteiger partial charge in [0.2, 0.25) is 0 Å². The summed E-state index contributed by atoms with van der Waals surface area (Å²) in [5.41, 5.74) is 4.82. The van der Waals surface area contributed by atoms with Gasteiger partial charge in [0.25, 0.3) is 0 Å². The lowest BCUT2D eigenvalue weighted by atomic mass is 10.8. The van der Waals surface area contributed by atoms with Crippen LogP contribution in [-0.2, 0) is 9.47 Å². The first-order valence-electron chi connectivity index (χ1n) is 2.55. The molecule has 0 atom stereocenters. The molecule has 0 saturated carbocycles. The van der Waals surface area contributed by atoms with Gasteiger partial charge in [0, 0.05) is 0 Å². The molecule has 0 aromatic carbocycles. The van der Waals surface area contributed by atoms with Crippen molar-refractivity contribution in [1.29, 1.82) is 0 Å². The molecule has 0 unspecified atom stereocenters. The van der Waals surface area contributed by atoms with Gasteiger partial charge < -0.3 is 10.5 Å². The Labute approximate surface area is 55.9 Å². The summed E-state index contributed by atoms with van der Waals surface area (Å²) in [5.74, 6) is 0. The van der Waals surface area contributed by atoms with Crippen molar-refractivity contribution in [2.24, 2.45) is 5.73 Å². The molecule has 0 aromatic heterocycles. The molecule has 0 fully saturated rings. The van der Waals surface area contributed by atoms with E-state index in [0.717, 1.165) is 0 Å². The molecule has 0 bridgehead atoms. The highest BCUT2D eigenvalue weighted by molar-refractivity contribution is 4.30. The van der Waals surface area contributed by atoms with E-state index < -0.39 is 13.0 Å². The number of hydrogen-bond acceptors (Lipinski definition) is 3. The summed E-state index contributed by atoms with van der Waals surface area (Å²) in [7, 11) is 0. The third-order valence-electron chi connectivity index (χ3n) is 0.611. The van der Waals surface area contributed by atoms with Crippen LogP contribution in [-0.4, -0.2) is 26.3 Å². The zero-order valence-electron chi connectivity index (χ0n) is 5.15. The number of alkyl halides is 3. The number of nitrogens with two attached hydrogens (primary N) is 1. The third kappa shape index (κ3) is 7.67. The van der Waals surface area contributed by atoms with E-state index >= 15 is 0 Å². The van der Waals surface area contributed by atoms with Crippen LogP contribution < -0.4 is 5.73 Å². The molecule has 0 saturated heterocycles. The first kappa shape index (κ1) is 9.67. The van der Waals surface area contributed by atoms with Crippen LogP contribution >= 0.6 is 0 Å². The number of hydrogen-bond donors (Lipinski definition) is 1. The minimum absolute atomic E-state index is 0.0960. The van der Waals surface area contributed by atoms with Gasteiger partial charge in [0.15, 0.2) is 0 Å². The monoisotopic (exact) mass is 159 g/mol. The average Bonchev–Trinajstić information content (AvgIpc) is 1.78. The third-order valence-corrected chi connectivity index (χ3v) is 0.611. The Bertz CT molecular complexity index is 85.1. The Hall–Kier alpha value is -0.330. The van der Waals surface area contributed by atoms with Gasteiger partial charge in [-0.3, -0.25) is 4.74 Å². The van der Waals surface area contributed by atoms with E-state index in [1.54, 1.807) is 0 Å². The molecule has 0 aliphatic carbocycles. The fraction of sp³-hybridized carbons (Fsp3) is 1.00. The van der Waals surface area contributed by atoms with E-state index in [1.165, 1.54) is 0 Å². The van der Waals surface area contributed by atoms with Gasteiger partial charge in [-0.1, -0.05) is 0 Å². The highest BCUT2D eigenvalue weighted by Crippen LogP contribution is 2.15. The predicted octanol–water partition coefficient (Wildman–Crippen LogP) is 0.456. The van der Waals surface area contributed by atoms with Crippen LogP contribution in [0, 0.1) is 0 Å². The highest BCUT2D eigenvalue weighted by atomic mass is 19.4. The molecule has 10 heavy (non-hydrogen) atoms. The maximum atomic E-state index is 11.2. The minimum Gasteiger partial charge on any atom is -0.364 e. The van der Waals surface area contributed by atoms with Crippen LogP contribution in [0.5, 0.6) is 0 Å². The summed E-state index contributed by atoms with van der Waals surface area (Å²) >= 11 is 0. The summed E-state index contributed by atoms with van der Waals surface area (Å²) in [4.78, 5) is 0. The summed E-state index contributed by atoms with van der Waals surface area (Å²) < 4.78 is 41.3. The lowest BCUT2D eigenvalue weighted by Gasteiger charge is -2.05. The van der Waals surface area contributed by atoms with Crippen molar-refractivity contribution in [3.63, 3.8) is 0 Å². The van der Waals surface area contributed by atoms with Crippen molar-refractivity contribution in [1.82, 2.24) is 0 Å². The van der Waals surface area contributed by atoms with Crippen molar-refractivity contribution in [3.05, 3.63) is 0 Å². The van der Waals surface area contributed by atoms with Gasteiger partial charge in [0.05, 0.1) is 19.9 Å². The molecule has 6 heteroatoms. The summed E-state index contributed by atoms with van der Waals surface area (Å²) in [6.07, 6.45) is -4.57. The molecule has 0 amide bonds. The van der Waals surface area contributed by atoms with Crippen molar-refractivity contribution in [3.8, 4) is 0 Å². The van der Waals surface area contributed by atoms with Crippen LogP contribution in [0.15, 0.2) is 0 Å². The Morgan fingerprint density at radius 2 is 1.80 bits per heavy atom. The molecule has 62 valence electrons. The zero-order valence-corrected chi connectivity index (χ0v) is 5.15. The summed E-state index contributed by atoms with van der Waals surface area (Å²) in [6.45, 7) is -0.752. The zero-order chi connectivity index (χ0) is 8.04. The minimum atomic E-state index is -4.57. The van der Waals surface area contributed by atoms with Crippen LogP contribution in [0.4, 0.5) is 13.2 Å². The second kappa shape index (κ2) is 4.48. The van der Waals surface area contributed by atoms with Gasteiger partial charge in [-0.2, -0.15) is 0 Å². The molecule has 0 heterocycles. The topological polar surface area (TPSA) is 44.5 Å². The quantitative estimate of drug-likeness (QED) is 0.478. The van der Waals surface area contributed by atoms with E-state index in [2.05, 4.69) is 9.47 Å². The normalized spacial score (nSPS) is 12.0. The highest BCUT2D eigenvalue weighted by Gasteiger charge is 2.28.